The maximum atomic E-state index is 14.9. The second-order valence-electron chi connectivity index (χ2n) is 8.90. The van der Waals surface area contributed by atoms with Crippen LogP contribution in [0.4, 0.5) is 25.4 Å². The van der Waals surface area contributed by atoms with Gasteiger partial charge in [-0.1, -0.05) is 0 Å². The highest BCUT2D eigenvalue weighted by molar-refractivity contribution is 7.92. The fourth-order valence-electron chi connectivity index (χ4n) is 4.88. The van der Waals surface area contributed by atoms with E-state index in [0.29, 0.717) is 36.8 Å². The first-order chi connectivity index (χ1) is 15.1. The van der Waals surface area contributed by atoms with Crippen LogP contribution in [0.15, 0.2) is 18.2 Å². The Morgan fingerprint density at radius 3 is 2.56 bits per heavy atom. The van der Waals surface area contributed by atoms with Gasteiger partial charge in [0.25, 0.3) is 0 Å². The summed E-state index contributed by atoms with van der Waals surface area (Å²) < 4.78 is 48.0. The van der Waals surface area contributed by atoms with Crippen molar-refractivity contribution < 1.29 is 31.9 Å². The molecule has 2 atom stereocenters. The third-order valence-corrected chi connectivity index (χ3v) is 8.38. The molecule has 1 aromatic carbocycles. The van der Waals surface area contributed by atoms with Crippen LogP contribution in [0.3, 0.4) is 0 Å². The lowest BCUT2D eigenvalue weighted by atomic mass is 9.86. The minimum absolute atomic E-state index is 0.222. The molecule has 0 aromatic heterocycles. The Balaban J connectivity index is 1.34. The second-order valence-corrected chi connectivity index (χ2v) is 11.1. The molecular weight excluding hydrogens is 441 g/mol. The normalized spacial score (nSPS) is 24.7. The molecule has 0 spiro atoms. The van der Waals surface area contributed by atoms with E-state index in [1.807, 2.05) is 4.90 Å². The van der Waals surface area contributed by atoms with Gasteiger partial charge in [0, 0.05) is 19.5 Å². The van der Waals surface area contributed by atoms with Crippen LogP contribution in [0.25, 0.3) is 0 Å². The summed E-state index contributed by atoms with van der Waals surface area (Å²) in [6.45, 7) is 3.22. The minimum Gasteiger partial charge on any atom is -0.447 e. The van der Waals surface area contributed by atoms with E-state index in [1.165, 1.54) is 11.0 Å². The molecule has 4 rings (SSSR count). The lowest BCUT2D eigenvalue weighted by Gasteiger charge is -2.40. The standard InChI is InChI=1S/C21H28FN3O6S/c1-13(30-20(23)26)8-17-10-25(21(27)31-17)16-2-3-19(18(22)9-16)24-6-4-14(5-7-24)15-11-32(28,29)12-15/h2-3,9,13-15,17H,4-8,10-12H2,1H3,(H2,23,26)/t13-,17?/m0/s1. The van der Waals surface area contributed by atoms with Crippen molar-refractivity contribution in [1.82, 2.24) is 0 Å². The van der Waals surface area contributed by atoms with E-state index in [9.17, 15) is 22.4 Å². The van der Waals surface area contributed by atoms with Gasteiger partial charge < -0.3 is 20.1 Å². The van der Waals surface area contributed by atoms with E-state index < -0.39 is 40.0 Å². The van der Waals surface area contributed by atoms with Crippen molar-refractivity contribution in [3.8, 4) is 0 Å². The number of carbonyl (C=O) groups is 2. The Labute approximate surface area is 186 Å². The number of hydrogen-bond acceptors (Lipinski definition) is 7. The Bertz CT molecular complexity index is 983. The first-order valence-electron chi connectivity index (χ1n) is 10.8. The first-order valence-corrected chi connectivity index (χ1v) is 12.6. The molecule has 3 fully saturated rings. The van der Waals surface area contributed by atoms with E-state index in [2.05, 4.69) is 0 Å². The van der Waals surface area contributed by atoms with Crippen LogP contribution in [-0.2, 0) is 19.3 Å². The zero-order valence-corrected chi connectivity index (χ0v) is 18.7. The number of rotatable bonds is 6. The topological polar surface area (TPSA) is 119 Å². The van der Waals surface area contributed by atoms with Gasteiger partial charge in [-0.05, 0) is 49.8 Å². The quantitative estimate of drug-likeness (QED) is 0.679. The summed E-state index contributed by atoms with van der Waals surface area (Å²) in [6.07, 6.45) is -0.493. The van der Waals surface area contributed by atoms with Gasteiger partial charge in [-0.25, -0.2) is 22.4 Å². The largest absolute Gasteiger partial charge is 0.447 e. The van der Waals surface area contributed by atoms with Crippen LogP contribution in [0.1, 0.15) is 26.2 Å². The smallest absolute Gasteiger partial charge is 0.414 e. The number of nitrogens with zero attached hydrogens (tertiary/aromatic N) is 2. The zero-order chi connectivity index (χ0) is 23.0. The molecule has 2 N–H and O–H groups in total. The predicted molar refractivity (Wildman–Crippen MR) is 116 cm³/mol. The number of primary amides is 1. The molecule has 3 saturated heterocycles. The minimum atomic E-state index is -2.83. The van der Waals surface area contributed by atoms with Gasteiger partial charge in [0.05, 0.1) is 29.4 Å². The fourth-order valence-corrected chi connectivity index (χ4v) is 6.63. The molecule has 0 radical (unpaired) electrons. The maximum Gasteiger partial charge on any atom is 0.414 e. The number of hydrogen-bond donors (Lipinski definition) is 1. The van der Waals surface area contributed by atoms with Crippen molar-refractivity contribution in [3.63, 3.8) is 0 Å². The van der Waals surface area contributed by atoms with Gasteiger partial charge >= 0.3 is 12.2 Å². The summed E-state index contributed by atoms with van der Waals surface area (Å²) in [5, 5.41) is 0. The van der Waals surface area contributed by atoms with Gasteiger partial charge in [-0.3, -0.25) is 4.90 Å². The highest BCUT2D eigenvalue weighted by atomic mass is 32.2. The molecule has 9 nitrogen and oxygen atoms in total. The summed E-state index contributed by atoms with van der Waals surface area (Å²) in [6, 6.07) is 4.68. The number of anilines is 2. The highest BCUT2D eigenvalue weighted by Gasteiger charge is 2.40. The number of nitrogens with two attached hydrogens (primary N) is 1. The number of piperidine rings is 1. The van der Waals surface area contributed by atoms with Crippen LogP contribution >= 0.6 is 0 Å². The summed E-state index contributed by atoms with van der Waals surface area (Å²) in [5.41, 5.74) is 5.87. The lowest BCUT2D eigenvalue weighted by molar-refractivity contribution is 0.0722. The SMILES string of the molecule is C[C@@H](CC1CN(c2ccc(N3CCC(C4CS(=O)(=O)C4)CC3)c(F)c2)C(=O)O1)OC(N)=O. The third-order valence-electron chi connectivity index (χ3n) is 6.51. The van der Waals surface area contributed by atoms with E-state index >= 15 is 0 Å². The molecule has 2 amide bonds. The fraction of sp³-hybridized carbons (Fsp3) is 0.619. The number of sulfone groups is 1. The zero-order valence-electron chi connectivity index (χ0n) is 17.9. The summed E-state index contributed by atoms with van der Waals surface area (Å²) in [5.74, 6) is 0.741. The van der Waals surface area contributed by atoms with Crippen LogP contribution in [0.5, 0.6) is 0 Å². The van der Waals surface area contributed by atoms with Gasteiger partial charge in [0.1, 0.15) is 18.0 Å². The van der Waals surface area contributed by atoms with Crippen LogP contribution in [0, 0.1) is 17.7 Å². The van der Waals surface area contributed by atoms with Crippen LogP contribution in [0.2, 0.25) is 0 Å². The Morgan fingerprint density at radius 1 is 1.28 bits per heavy atom. The van der Waals surface area contributed by atoms with Crippen molar-refractivity contribution in [1.29, 1.82) is 0 Å². The molecule has 0 bridgehead atoms. The van der Waals surface area contributed by atoms with E-state index in [4.69, 9.17) is 15.2 Å². The Hall–Kier alpha value is -2.56. The maximum absolute atomic E-state index is 14.9. The molecule has 3 aliphatic rings. The van der Waals surface area contributed by atoms with E-state index in [1.54, 1.807) is 19.1 Å². The predicted octanol–water partition coefficient (Wildman–Crippen LogP) is 2.29. The molecule has 3 heterocycles. The molecule has 1 aromatic rings. The average molecular weight is 470 g/mol. The molecule has 11 heteroatoms. The van der Waals surface area contributed by atoms with Crippen LogP contribution < -0.4 is 15.5 Å². The molecule has 0 aliphatic carbocycles. The van der Waals surface area contributed by atoms with Crippen molar-refractivity contribution in [3.05, 3.63) is 24.0 Å². The highest BCUT2D eigenvalue weighted by Crippen LogP contribution is 2.36. The van der Waals surface area contributed by atoms with Crippen molar-refractivity contribution in [2.45, 2.75) is 38.4 Å². The van der Waals surface area contributed by atoms with Crippen LogP contribution in [-0.4, -0.2) is 64.0 Å². The van der Waals surface area contributed by atoms with E-state index in [-0.39, 0.29) is 24.0 Å². The number of benzene rings is 1. The molecule has 0 saturated carbocycles. The van der Waals surface area contributed by atoms with E-state index in [0.717, 1.165) is 12.8 Å². The number of carbonyl (C=O) groups excluding carboxylic acids is 2. The molecule has 32 heavy (non-hydrogen) atoms. The van der Waals surface area contributed by atoms with Crippen molar-refractivity contribution in [2.75, 3.05) is 40.9 Å². The van der Waals surface area contributed by atoms with Gasteiger partial charge in [0.15, 0.2) is 9.84 Å². The van der Waals surface area contributed by atoms with Gasteiger partial charge in [-0.2, -0.15) is 0 Å². The molecule has 176 valence electrons. The van der Waals surface area contributed by atoms with Crippen molar-refractivity contribution >= 4 is 33.4 Å². The average Bonchev–Trinajstić information content (AvgIpc) is 3.05. The molecular formula is C21H28FN3O6S. The second kappa shape index (κ2) is 8.76. The summed E-state index contributed by atoms with van der Waals surface area (Å²) in [4.78, 5) is 26.4. The van der Waals surface area contributed by atoms with Gasteiger partial charge in [-0.15, -0.1) is 0 Å². The first kappa shape index (κ1) is 22.6. The third kappa shape index (κ3) is 4.92. The van der Waals surface area contributed by atoms with Gasteiger partial charge in [0.2, 0.25) is 0 Å². The number of ether oxygens (including phenoxy) is 2. The summed E-state index contributed by atoms with van der Waals surface area (Å²) >= 11 is 0. The lowest BCUT2D eigenvalue weighted by Crippen LogP contribution is -2.45. The Morgan fingerprint density at radius 2 is 1.97 bits per heavy atom. The number of halogens is 1. The Kier molecular flexibility index (Phi) is 6.19. The number of cyclic esters (lactones) is 1. The monoisotopic (exact) mass is 469 g/mol. The molecule has 1 unspecified atom stereocenters. The number of amides is 2. The molecule has 3 aliphatic heterocycles. The summed E-state index contributed by atoms with van der Waals surface area (Å²) in [7, 11) is -2.83. The van der Waals surface area contributed by atoms with Crippen molar-refractivity contribution in [2.24, 2.45) is 17.6 Å².